The van der Waals surface area contributed by atoms with E-state index in [0.29, 0.717) is 12.8 Å². The molecule has 0 aromatic rings. The van der Waals surface area contributed by atoms with Crippen LogP contribution >= 0.6 is 0 Å². The molecule has 7 N–H and O–H groups in total. The van der Waals surface area contributed by atoms with Crippen LogP contribution in [0.3, 0.4) is 0 Å². The maximum atomic E-state index is 13.0. The summed E-state index contributed by atoms with van der Waals surface area (Å²) in [5.74, 6) is -0.952. The van der Waals surface area contributed by atoms with Crippen LogP contribution in [0.4, 0.5) is 0 Å². The number of rotatable bonds is 37. The number of esters is 2. The van der Waals surface area contributed by atoms with Crippen LogP contribution in [0, 0.1) is 0 Å². The molecule has 0 aliphatic carbocycles. The fourth-order valence-electron chi connectivity index (χ4n) is 7.58. The molecule has 2 aliphatic heterocycles. The lowest BCUT2D eigenvalue weighted by atomic mass is 9.98. The monoisotopic (exact) mass is 927 g/mol. The normalized spacial score (nSPS) is 26.8. The maximum Gasteiger partial charge on any atom is 0.306 e. The molecule has 15 nitrogen and oxygen atoms in total. The first-order valence-corrected chi connectivity index (χ1v) is 24.8. The van der Waals surface area contributed by atoms with Gasteiger partial charge in [-0.2, -0.15) is 0 Å². The van der Waals surface area contributed by atoms with Crippen molar-refractivity contribution in [3.8, 4) is 0 Å². The fraction of sp³-hybridized carbons (Fsp3) is 0.800. The van der Waals surface area contributed by atoms with E-state index in [-0.39, 0.29) is 19.4 Å². The second-order valence-electron chi connectivity index (χ2n) is 17.4. The number of carbonyl (C=O) groups excluding carboxylic acids is 2. The Bertz CT molecular complexity index is 1320. The van der Waals surface area contributed by atoms with Gasteiger partial charge in [0.15, 0.2) is 18.7 Å². The quantitative estimate of drug-likeness (QED) is 0.0205. The molecule has 0 bridgehead atoms. The van der Waals surface area contributed by atoms with E-state index in [1.165, 1.54) is 64.2 Å². The van der Waals surface area contributed by atoms with Crippen molar-refractivity contribution in [1.29, 1.82) is 0 Å². The summed E-state index contributed by atoms with van der Waals surface area (Å²) >= 11 is 0. The fourth-order valence-corrected chi connectivity index (χ4v) is 7.58. The number of allylic oxidation sites excluding steroid dienone is 8. The smallest absolute Gasteiger partial charge is 0.306 e. The first-order valence-electron chi connectivity index (χ1n) is 24.8. The summed E-state index contributed by atoms with van der Waals surface area (Å²) < 4.78 is 33.5. The Balaban J connectivity index is 1.84. The molecule has 0 aromatic heterocycles. The summed E-state index contributed by atoms with van der Waals surface area (Å²) in [5, 5.41) is 72.0. The van der Waals surface area contributed by atoms with Crippen LogP contribution in [0.1, 0.15) is 162 Å². The van der Waals surface area contributed by atoms with Gasteiger partial charge in [-0.05, 0) is 32.1 Å². The highest BCUT2D eigenvalue weighted by molar-refractivity contribution is 5.70. The molecule has 15 heteroatoms. The summed E-state index contributed by atoms with van der Waals surface area (Å²) in [4.78, 5) is 25.7. The van der Waals surface area contributed by atoms with Gasteiger partial charge in [-0.15, -0.1) is 0 Å². The van der Waals surface area contributed by atoms with E-state index in [1.807, 2.05) is 36.5 Å². The third-order valence-corrected chi connectivity index (χ3v) is 11.7. The maximum absolute atomic E-state index is 13.0. The number of ether oxygens (including phenoxy) is 6. The molecule has 4 unspecified atom stereocenters. The second kappa shape index (κ2) is 37.4. The van der Waals surface area contributed by atoms with Crippen LogP contribution in [-0.2, 0) is 38.0 Å². The molecule has 65 heavy (non-hydrogen) atoms. The third kappa shape index (κ3) is 26.0. The lowest BCUT2D eigenvalue weighted by Gasteiger charge is -2.42. The van der Waals surface area contributed by atoms with Gasteiger partial charge in [0.1, 0.15) is 55.4 Å². The summed E-state index contributed by atoms with van der Waals surface area (Å²) in [6.07, 6.45) is 22.8. The molecule has 0 saturated carbocycles. The average Bonchev–Trinajstić information content (AvgIpc) is 3.30. The van der Waals surface area contributed by atoms with E-state index >= 15 is 0 Å². The van der Waals surface area contributed by atoms with Gasteiger partial charge in [-0.1, -0.05) is 165 Å². The van der Waals surface area contributed by atoms with Crippen LogP contribution in [0.2, 0.25) is 0 Å². The Morgan fingerprint density at radius 3 is 1.52 bits per heavy atom. The molecule has 376 valence electrons. The highest BCUT2D eigenvalue weighted by Gasteiger charge is 2.47. The van der Waals surface area contributed by atoms with E-state index in [1.54, 1.807) is 0 Å². The highest BCUT2D eigenvalue weighted by Crippen LogP contribution is 2.26. The number of aliphatic hydroxyl groups is 7. The minimum atomic E-state index is -1.77. The molecule has 2 aliphatic rings. The Morgan fingerprint density at radius 2 is 0.969 bits per heavy atom. The lowest BCUT2D eigenvalue weighted by Crippen LogP contribution is -2.61. The Hall–Kier alpha value is -2.54. The van der Waals surface area contributed by atoms with Gasteiger partial charge < -0.3 is 64.2 Å². The van der Waals surface area contributed by atoms with Gasteiger partial charge in [0.2, 0.25) is 0 Å². The van der Waals surface area contributed by atoms with Crippen molar-refractivity contribution in [3.05, 3.63) is 48.6 Å². The lowest BCUT2D eigenvalue weighted by molar-refractivity contribution is -0.332. The van der Waals surface area contributed by atoms with Gasteiger partial charge in [0.25, 0.3) is 0 Å². The van der Waals surface area contributed by atoms with Crippen LogP contribution in [0.5, 0.6) is 0 Å². The molecule has 2 heterocycles. The van der Waals surface area contributed by atoms with E-state index in [2.05, 4.69) is 26.0 Å². The first-order chi connectivity index (χ1) is 31.5. The first kappa shape index (κ1) is 58.6. The predicted octanol–water partition coefficient (Wildman–Crippen LogP) is 6.32. The minimum Gasteiger partial charge on any atom is -0.462 e. The Morgan fingerprint density at radius 1 is 0.508 bits per heavy atom. The molecule has 11 atom stereocenters. The molecule has 0 amide bonds. The number of carbonyl (C=O) groups is 2. The highest BCUT2D eigenvalue weighted by atomic mass is 16.7. The zero-order valence-electron chi connectivity index (χ0n) is 39.5. The van der Waals surface area contributed by atoms with Crippen LogP contribution in [0.15, 0.2) is 48.6 Å². The van der Waals surface area contributed by atoms with Gasteiger partial charge >= 0.3 is 11.9 Å². The van der Waals surface area contributed by atoms with Crippen LogP contribution in [-0.4, -0.2) is 142 Å². The standard InChI is InChI=1S/C50H86O15/c1-3-5-7-9-11-13-15-17-19-21-23-25-27-29-31-33-42(53)63-38(35-60-41(52)32-30-28-26-24-22-20-18-16-14-12-10-8-6-4-2)36-61-49-48(59)46(57)44(55)40(65-49)37-62-50-47(58)45(56)43(54)39(34-51)64-50/h5,7,9,11,13,15,17,19,38-40,43-51,54-59H,3-4,6,8,10,12,14,16,18,20-37H2,1-2H3/b7-5+,11-9+,15-13+,19-17+/t38-,39-,40-,43+,44+,45?,46?,47?,48?,49-,50-/m1/s1. The number of hydrogen-bond donors (Lipinski definition) is 7. The average molecular weight is 927 g/mol. The van der Waals surface area contributed by atoms with Crippen molar-refractivity contribution in [3.63, 3.8) is 0 Å². The molecule has 2 fully saturated rings. The Labute approximate surface area is 388 Å². The SMILES string of the molecule is CC/C=C/C=C/C=C/C=C/CCCCCCCC(=O)O[C@H](COC(=O)CCCCCCCCCCCCCCCC)CO[C@@H]1O[C@H](CO[C@@H]2O[C@H](CO)[C@H](O)C(O)C2O)[C@H](O)C(O)C1O. The van der Waals surface area contributed by atoms with Crippen LogP contribution in [0.25, 0.3) is 0 Å². The molecular formula is C50H86O15. The zero-order valence-corrected chi connectivity index (χ0v) is 39.5. The summed E-state index contributed by atoms with van der Waals surface area (Å²) in [5.41, 5.74) is 0. The van der Waals surface area contributed by atoms with E-state index in [9.17, 15) is 45.3 Å². The molecule has 0 aromatic carbocycles. The van der Waals surface area contributed by atoms with Crippen molar-refractivity contribution in [2.24, 2.45) is 0 Å². The van der Waals surface area contributed by atoms with Crippen molar-refractivity contribution < 1.29 is 73.8 Å². The minimum absolute atomic E-state index is 0.139. The Kier molecular flexibility index (Phi) is 33.7. The van der Waals surface area contributed by atoms with Crippen molar-refractivity contribution in [2.45, 2.75) is 229 Å². The van der Waals surface area contributed by atoms with Crippen molar-refractivity contribution >= 4 is 11.9 Å². The van der Waals surface area contributed by atoms with E-state index in [0.717, 1.165) is 57.8 Å². The molecular weight excluding hydrogens is 841 g/mol. The summed E-state index contributed by atoms with van der Waals surface area (Å²) in [7, 11) is 0. The van der Waals surface area contributed by atoms with Gasteiger partial charge in [-0.3, -0.25) is 9.59 Å². The number of unbranched alkanes of at least 4 members (excludes halogenated alkanes) is 18. The summed E-state index contributed by atoms with van der Waals surface area (Å²) in [6, 6.07) is 0. The van der Waals surface area contributed by atoms with Crippen molar-refractivity contribution in [1.82, 2.24) is 0 Å². The zero-order chi connectivity index (χ0) is 47.5. The topological polar surface area (TPSA) is 231 Å². The van der Waals surface area contributed by atoms with E-state index in [4.69, 9.17) is 28.4 Å². The number of hydrogen-bond acceptors (Lipinski definition) is 15. The van der Waals surface area contributed by atoms with Crippen LogP contribution < -0.4 is 0 Å². The third-order valence-electron chi connectivity index (χ3n) is 11.7. The second-order valence-corrected chi connectivity index (χ2v) is 17.4. The molecule has 2 saturated heterocycles. The summed E-state index contributed by atoms with van der Waals surface area (Å²) in [6.45, 7) is 2.42. The van der Waals surface area contributed by atoms with Gasteiger partial charge in [-0.25, -0.2) is 0 Å². The molecule has 0 spiro atoms. The van der Waals surface area contributed by atoms with Gasteiger partial charge in [0.05, 0.1) is 19.8 Å². The number of aliphatic hydroxyl groups excluding tert-OH is 7. The largest absolute Gasteiger partial charge is 0.462 e. The van der Waals surface area contributed by atoms with Gasteiger partial charge in [0, 0.05) is 12.8 Å². The predicted molar refractivity (Wildman–Crippen MR) is 247 cm³/mol. The van der Waals surface area contributed by atoms with Crippen molar-refractivity contribution in [2.75, 3.05) is 26.4 Å². The molecule has 2 rings (SSSR count). The molecule has 0 radical (unpaired) electrons. The van der Waals surface area contributed by atoms with E-state index < -0.39 is 99.3 Å².